The van der Waals surface area contributed by atoms with E-state index in [0.717, 1.165) is 11.3 Å². The van der Waals surface area contributed by atoms with E-state index >= 15 is 0 Å². The monoisotopic (exact) mass is 347 g/mol. The maximum Gasteiger partial charge on any atom is 0.293 e. The predicted molar refractivity (Wildman–Crippen MR) is 99.1 cm³/mol. The number of ether oxygens (including phenoxy) is 1. The van der Waals surface area contributed by atoms with Crippen LogP contribution in [0, 0.1) is 6.92 Å². The average Bonchev–Trinajstić information content (AvgIpc) is 2.52. The van der Waals surface area contributed by atoms with Crippen LogP contribution < -0.4 is 9.30 Å². The number of methoxy groups -OCH3 is 1. The van der Waals surface area contributed by atoms with Gasteiger partial charge >= 0.3 is 0 Å². The molecular formula is C19H23F2NOSi. The molecule has 0 aliphatic heterocycles. The third kappa shape index (κ3) is 4.03. The molecule has 0 saturated heterocycles. The van der Waals surface area contributed by atoms with Gasteiger partial charge in [0, 0.05) is 11.3 Å². The maximum absolute atomic E-state index is 13.9. The number of halogens is 2. The highest BCUT2D eigenvalue weighted by Gasteiger charge is 2.31. The van der Waals surface area contributed by atoms with Gasteiger partial charge in [-0.25, -0.2) is 0 Å². The second-order valence-corrected chi connectivity index (χ2v) is 11.5. The van der Waals surface area contributed by atoms with E-state index < -0.39 is 14.3 Å². The van der Waals surface area contributed by atoms with Crippen LogP contribution in [0.3, 0.4) is 0 Å². The zero-order valence-electron chi connectivity index (χ0n) is 14.7. The van der Waals surface area contributed by atoms with Gasteiger partial charge in [0.25, 0.3) is 6.08 Å². The Morgan fingerprint density at radius 3 is 1.88 bits per heavy atom. The van der Waals surface area contributed by atoms with E-state index in [4.69, 9.17) is 4.74 Å². The minimum atomic E-state index is -2.12. The quantitative estimate of drug-likeness (QED) is 0.623. The molecule has 0 heterocycles. The molecule has 0 aliphatic carbocycles. The SMILES string of the molecule is COc1ccc(N(C(=C(F)F)c2ccc(C)cc2)[Si](C)(C)C)cc1. The molecule has 2 rings (SSSR count). The van der Waals surface area contributed by atoms with Crippen molar-refractivity contribution in [3.8, 4) is 5.75 Å². The highest BCUT2D eigenvalue weighted by atomic mass is 28.3. The molecule has 2 aromatic rings. The van der Waals surface area contributed by atoms with E-state index in [2.05, 4.69) is 0 Å². The van der Waals surface area contributed by atoms with E-state index in [9.17, 15) is 8.78 Å². The van der Waals surface area contributed by atoms with Crippen LogP contribution in [0.25, 0.3) is 5.70 Å². The molecule has 0 bridgehead atoms. The molecule has 0 aliphatic rings. The fraction of sp³-hybridized carbons (Fsp3) is 0.263. The van der Waals surface area contributed by atoms with Gasteiger partial charge in [-0.15, -0.1) is 0 Å². The van der Waals surface area contributed by atoms with Gasteiger partial charge in [-0.05, 0) is 31.2 Å². The van der Waals surface area contributed by atoms with Crippen molar-refractivity contribution < 1.29 is 13.5 Å². The van der Waals surface area contributed by atoms with Crippen LogP contribution in [-0.4, -0.2) is 15.3 Å². The summed E-state index contributed by atoms with van der Waals surface area (Å²) in [5, 5.41) is 0. The molecule has 2 nitrogen and oxygen atoms in total. The highest BCUT2D eigenvalue weighted by Crippen LogP contribution is 2.35. The van der Waals surface area contributed by atoms with E-state index in [1.807, 2.05) is 50.8 Å². The molecule has 5 heteroatoms. The molecule has 128 valence electrons. The summed E-state index contributed by atoms with van der Waals surface area (Å²) in [6, 6.07) is 14.5. The Hall–Kier alpha value is -2.14. The first kappa shape index (κ1) is 18.2. The fourth-order valence-electron chi connectivity index (χ4n) is 2.62. The fourth-order valence-corrected chi connectivity index (χ4v) is 4.43. The molecule has 0 radical (unpaired) electrons. The van der Waals surface area contributed by atoms with Crippen LogP contribution in [0.1, 0.15) is 11.1 Å². The Morgan fingerprint density at radius 1 is 0.917 bits per heavy atom. The van der Waals surface area contributed by atoms with Crippen molar-refractivity contribution in [3.05, 3.63) is 65.7 Å². The first-order valence-corrected chi connectivity index (χ1v) is 11.3. The maximum atomic E-state index is 13.9. The van der Waals surface area contributed by atoms with Crippen LogP contribution in [-0.2, 0) is 0 Å². The smallest absolute Gasteiger partial charge is 0.293 e. The van der Waals surface area contributed by atoms with E-state index in [-0.39, 0.29) is 5.70 Å². The molecule has 0 aromatic heterocycles. The number of anilines is 1. The van der Waals surface area contributed by atoms with Crippen molar-refractivity contribution in [1.29, 1.82) is 0 Å². The Balaban J connectivity index is 2.59. The lowest BCUT2D eigenvalue weighted by Crippen LogP contribution is -2.45. The van der Waals surface area contributed by atoms with E-state index in [1.165, 1.54) is 0 Å². The van der Waals surface area contributed by atoms with Crippen molar-refractivity contribution in [1.82, 2.24) is 0 Å². The molecule has 2 aromatic carbocycles. The summed E-state index contributed by atoms with van der Waals surface area (Å²) in [4.78, 5) is 0. The molecule has 24 heavy (non-hydrogen) atoms. The van der Waals surface area contributed by atoms with Crippen molar-refractivity contribution in [3.63, 3.8) is 0 Å². The number of hydrogen-bond donors (Lipinski definition) is 0. The second kappa shape index (κ2) is 7.17. The van der Waals surface area contributed by atoms with Gasteiger partial charge in [0.15, 0.2) is 8.24 Å². The number of hydrogen-bond acceptors (Lipinski definition) is 2. The third-order valence-corrected chi connectivity index (χ3v) is 5.55. The molecule has 0 saturated carbocycles. The largest absolute Gasteiger partial charge is 0.497 e. The summed E-state index contributed by atoms with van der Waals surface area (Å²) >= 11 is 0. The topological polar surface area (TPSA) is 12.5 Å². The van der Waals surface area contributed by atoms with Crippen LogP contribution in [0.2, 0.25) is 19.6 Å². The normalized spacial score (nSPS) is 11.1. The first-order valence-electron chi connectivity index (χ1n) is 7.80. The standard InChI is InChI=1S/C19H23F2NOSi/c1-14-6-8-15(9-7-14)18(19(20)21)22(24(3,4)5)16-10-12-17(23-2)13-11-16/h6-13H,1-5H3. The molecule has 0 unspecified atom stereocenters. The summed E-state index contributed by atoms with van der Waals surface area (Å²) in [7, 11) is -0.535. The van der Waals surface area contributed by atoms with Crippen molar-refractivity contribution >= 4 is 19.6 Å². The Labute approximate surface area is 143 Å². The highest BCUT2D eigenvalue weighted by molar-refractivity contribution is 6.81. The predicted octanol–water partition coefficient (Wildman–Crippen LogP) is 5.91. The van der Waals surface area contributed by atoms with Gasteiger partial charge in [0.2, 0.25) is 0 Å². The zero-order valence-corrected chi connectivity index (χ0v) is 15.7. The molecule has 0 N–H and O–H groups in total. The van der Waals surface area contributed by atoms with Gasteiger partial charge in [0.1, 0.15) is 11.4 Å². The van der Waals surface area contributed by atoms with Gasteiger partial charge in [-0.1, -0.05) is 49.5 Å². The Kier molecular flexibility index (Phi) is 5.44. The van der Waals surface area contributed by atoms with Crippen LogP contribution in [0.5, 0.6) is 5.75 Å². The summed E-state index contributed by atoms with van der Waals surface area (Å²) in [6.45, 7) is 8.09. The third-order valence-electron chi connectivity index (χ3n) is 3.73. The van der Waals surface area contributed by atoms with Crippen LogP contribution in [0.4, 0.5) is 14.5 Å². The van der Waals surface area contributed by atoms with Crippen LogP contribution in [0.15, 0.2) is 54.6 Å². The van der Waals surface area contributed by atoms with Gasteiger partial charge in [-0.2, -0.15) is 8.78 Å². The molecule has 0 spiro atoms. The molecule has 0 atom stereocenters. The lowest BCUT2D eigenvalue weighted by atomic mass is 10.1. The number of nitrogens with zero attached hydrogens (tertiary/aromatic N) is 1. The number of benzene rings is 2. The van der Waals surface area contributed by atoms with Crippen LogP contribution >= 0.6 is 0 Å². The number of rotatable bonds is 5. The molecule has 0 fully saturated rings. The lowest BCUT2D eigenvalue weighted by molar-refractivity contribution is 0.415. The van der Waals surface area contributed by atoms with Gasteiger partial charge in [0.05, 0.1) is 7.11 Å². The summed E-state index contributed by atoms with van der Waals surface area (Å²) < 4.78 is 34.8. The lowest BCUT2D eigenvalue weighted by Gasteiger charge is -2.37. The molecular weight excluding hydrogens is 324 g/mol. The van der Waals surface area contributed by atoms with Gasteiger partial charge < -0.3 is 9.30 Å². The molecule has 0 amide bonds. The van der Waals surface area contributed by atoms with Crippen molar-refractivity contribution in [2.24, 2.45) is 0 Å². The van der Waals surface area contributed by atoms with E-state index in [0.29, 0.717) is 11.3 Å². The minimum absolute atomic E-state index is 0.0145. The average molecular weight is 347 g/mol. The summed E-state index contributed by atoms with van der Waals surface area (Å²) in [6.07, 6.45) is -1.67. The minimum Gasteiger partial charge on any atom is -0.497 e. The summed E-state index contributed by atoms with van der Waals surface area (Å²) in [5.41, 5.74) is 2.30. The first-order chi connectivity index (χ1) is 11.2. The van der Waals surface area contributed by atoms with E-state index in [1.54, 1.807) is 35.9 Å². The Bertz CT molecular complexity index is 715. The van der Waals surface area contributed by atoms with Crippen molar-refractivity contribution in [2.45, 2.75) is 26.6 Å². The summed E-state index contributed by atoms with van der Waals surface area (Å²) in [5.74, 6) is 0.705. The number of aryl methyl sites for hydroxylation is 1. The van der Waals surface area contributed by atoms with Crippen molar-refractivity contribution in [2.75, 3.05) is 11.7 Å². The van der Waals surface area contributed by atoms with Gasteiger partial charge in [-0.3, -0.25) is 0 Å². The Morgan fingerprint density at radius 2 is 1.46 bits per heavy atom. The second-order valence-electron chi connectivity index (χ2n) is 6.68. The zero-order chi connectivity index (χ0) is 17.9.